The number of hydrogen-bond donors (Lipinski definition) is 0. The number of rotatable bonds is 3. The van der Waals surface area contributed by atoms with E-state index in [1.807, 2.05) is 0 Å². The largest absolute Gasteiger partial charge is 0.423 e. The van der Waals surface area contributed by atoms with Crippen molar-refractivity contribution in [1.29, 1.82) is 0 Å². The van der Waals surface area contributed by atoms with E-state index in [0.29, 0.717) is 4.47 Å². The zero-order chi connectivity index (χ0) is 13.1. The van der Waals surface area contributed by atoms with Crippen molar-refractivity contribution < 1.29 is 9.66 Å². The van der Waals surface area contributed by atoms with Crippen molar-refractivity contribution in [1.82, 2.24) is 9.97 Å². The van der Waals surface area contributed by atoms with Crippen LogP contribution in [0.4, 0.5) is 5.69 Å². The Morgan fingerprint density at radius 1 is 1.22 bits per heavy atom. The molecule has 18 heavy (non-hydrogen) atoms. The van der Waals surface area contributed by atoms with Crippen LogP contribution < -0.4 is 4.74 Å². The molecule has 2 rings (SSSR count). The second kappa shape index (κ2) is 5.40. The highest BCUT2D eigenvalue weighted by Crippen LogP contribution is 2.35. The lowest BCUT2D eigenvalue weighted by atomic mass is 10.3. The van der Waals surface area contributed by atoms with E-state index in [4.69, 9.17) is 4.74 Å². The second-order valence-corrected chi connectivity index (χ2v) is 4.84. The van der Waals surface area contributed by atoms with E-state index in [1.54, 1.807) is 6.07 Å². The van der Waals surface area contributed by atoms with Gasteiger partial charge >= 0.3 is 6.01 Å². The molecule has 8 heteroatoms. The van der Waals surface area contributed by atoms with Crippen LogP contribution in [0.15, 0.2) is 39.5 Å². The third kappa shape index (κ3) is 2.82. The molecule has 0 aliphatic rings. The third-order valence-electron chi connectivity index (χ3n) is 1.94. The molecule has 6 nitrogen and oxygen atoms in total. The van der Waals surface area contributed by atoms with Crippen molar-refractivity contribution in [3.8, 4) is 11.8 Å². The molecule has 0 aliphatic heterocycles. The Bertz CT molecular complexity index is 589. The van der Waals surface area contributed by atoms with E-state index in [-0.39, 0.29) is 21.9 Å². The van der Waals surface area contributed by atoms with Gasteiger partial charge in [-0.25, -0.2) is 9.97 Å². The van der Waals surface area contributed by atoms with Gasteiger partial charge in [0.05, 0.1) is 9.40 Å². The van der Waals surface area contributed by atoms with Gasteiger partial charge < -0.3 is 4.74 Å². The molecular formula is C10H5Br2N3O3. The molecule has 2 aromatic rings. The Morgan fingerprint density at radius 3 is 2.50 bits per heavy atom. The first-order chi connectivity index (χ1) is 8.58. The smallest absolute Gasteiger partial charge is 0.321 e. The van der Waals surface area contributed by atoms with Crippen LogP contribution in [0.3, 0.4) is 0 Å². The fraction of sp³-hybridized carbons (Fsp3) is 0. The molecular weight excluding hydrogens is 370 g/mol. The van der Waals surface area contributed by atoms with Gasteiger partial charge in [-0.1, -0.05) is 6.07 Å². The topological polar surface area (TPSA) is 78.2 Å². The molecule has 0 amide bonds. The van der Waals surface area contributed by atoms with Gasteiger partial charge in [-0.15, -0.1) is 0 Å². The molecule has 0 fully saturated rings. The monoisotopic (exact) mass is 373 g/mol. The zero-order valence-corrected chi connectivity index (χ0v) is 11.9. The van der Waals surface area contributed by atoms with Crippen LogP contribution in [0.2, 0.25) is 0 Å². The van der Waals surface area contributed by atoms with Gasteiger partial charge in [-0.05, 0) is 37.9 Å². The SMILES string of the molecule is O=[N+]([O-])c1cccc(Oc2ncc(Br)cn2)c1Br. The van der Waals surface area contributed by atoms with E-state index >= 15 is 0 Å². The number of nitro benzene ring substituents is 1. The predicted octanol–water partition coefficient (Wildman–Crippen LogP) is 3.70. The molecule has 0 atom stereocenters. The molecule has 1 heterocycles. The first-order valence-corrected chi connectivity index (χ1v) is 6.25. The summed E-state index contributed by atoms with van der Waals surface area (Å²) >= 11 is 6.32. The normalized spacial score (nSPS) is 10.1. The average molecular weight is 375 g/mol. The summed E-state index contributed by atoms with van der Waals surface area (Å²) in [5, 5.41) is 10.8. The van der Waals surface area contributed by atoms with Crippen molar-refractivity contribution in [2.24, 2.45) is 0 Å². The summed E-state index contributed by atoms with van der Waals surface area (Å²) in [6, 6.07) is 4.60. The van der Waals surface area contributed by atoms with E-state index in [1.165, 1.54) is 24.5 Å². The summed E-state index contributed by atoms with van der Waals surface area (Å²) in [7, 11) is 0. The number of benzene rings is 1. The van der Waals surface area contributed by atoms with Crippen LogP contribution in [0.1, 0.15) is 0 Å². The van der Waals surface area contributed by atoms with Crippen LogP contribution in [0, 0.1) is 10.1 Å². The highest BCUT2D eigenvalue weighted by molar-refractivity contribution is 9.11. The van der Waals surface area contributed by atoms with E-state index in [2.05, 4.69) is 41.8 Å². The molecule has 0 radical (unpaired) electrons. The lowest BCUT2D eigenvalue weighted by molar-refractivity contribution is -0.385. The van der Waals surface area contributed by atoms with E-state index < -0.39 is 4.92 Å². The Hall–Kier alpha value is -1.54. The van der Waals surface area contributed by atoms with Crippen molar-refractivity contribution >= 4 is 37.5 Å². The Morgan fingerprint density at radius 2 is 1.89 bits per heavy atom. The highest BCUT2D eigenvalue weighted by Gasteiger charge is 2.16. The lowest BCUT2D eigenvalue weighted by Gasteiger charge is -2.05. The lowest BCUT2D eigenvalue weighted by Crippen LogP contribution is -1.94. The number of nitrogens with zero attached hydrogens (tertiary/aromatic N) is 3. The summed E-state index contributed by atoms with van der Waals surface area (Å²) in [4.78, 5) is 18.1. The Labute approximate surface area is 118 Å². The summed E-state index contributed by atoms with van der Waals surface area (Å²) in [5.74, 6) is 0.284. The maximum atomic E-state index is 10.8. The summed E-state index contributed by atoms with van der Waals surface area (Å²) in [6.07, 6.45) is 3.04. The van der Waals surface area contributed by atoms with Gasteiger partial charge in [0, 0.05) is 18.5 Å². The molecule has 0 bridgehead atoms. The van der Waals surface area contributed by atoms with Gasteiger partial charge in [-0.3, -0.25) is 10.1 Å². The molecule has 0 saturated heterocycles. The molecule has 92 valence electrons. The van der Waals surface area contributed by atoms with Gasteiger partial charge in [0.15, 0.2) is 5.75 Å². The fourth-order valence-corrected chi connectivity index (χ4v) is 1.87. The molecule has 0 saturated carbocycles. The van der Waals surface area contributed by atoms with Gasteiger partial charge in [-0.2, -0.15) is 0 Å². The van der Waals surface area contributed by atoms with Gasteiger partial charge in [0.25, 0.3) is 5.69 Å². The fourth-order valence-electron chi connectivity index (χ4n) is 1.17. The molecule has 0 N–H and O–H groups in total. The van der Waals surface area contributed by atoms with E-state index in [9.17, 15) is 10.1 Å². The molecule has 1 aromatic heterocycles. The maximum Gasteiger partial charge on any atom is 0.321 e. The quantitative estimate of drug-likeness (QED) is 0.604. The van der Waals surface area contributed by atoms with Crippen molar-refractivity contribution in [2.75, 3.05) is 0 Å². The molecule has 0 spiro atoms. The van der Waals surface area contributed by atoms with E-state index in [0.717, 1.165) is 0 Å². The maximum absolute atomic E-state index is 10.8. The first kappa shape index (κ1) is 12.9. The number of hydrogen-bond acceptors (Lipinski definition) is 5. The molecule has 0 unspecified atom stereocenters. The average Bonchev–Trinajstić information content (AvgIpc) is 2.34. The third-order valence-corrected chi connectivity index (χ3v) is 3.14. The van der Waals surface area contributed by atoms with Crippen LogP contribution >= 0.6 is 31.9 Å². The minimum absolute atomic E-state index is 0.0791. The predicted molar refractivity (Wildman–Crippen MR) is 70.6 cm³/mol. The van der Waals surface area contributed by atoms with Gasteiger partial charge in [0.2, 0.25) is 0 Å². The van der Waals surface area contributed by atoms with Crippen LogP contribution in [-0.2, 0) is 0 Å². The van der Waals surface area contributed by atoms with Crippen molar-refractivity contribution in [3.63, 3.8) is 0 Å². The molecule has 1 aromatic carbocycles. The second-order valence-electron chi connectivity index (χ2n) is 3.13. The minimum Gasteiger partial charge on any atom is -0.423 e. The molecule has 0 aliphatic carbocycles. The number of nitro groups is 1. The first-order valence-electron chi connectivity index (χ1n) is 4.66. The van der Waals surface area contributed by atoms with Crippen LogP contribution in [0.5, 0.6) is 11.8 Å². The van der Waals surface area contributed by atoms with Crippen LogP contribution in [0.25, 0.3) is 0 Å². The number of aromatic nitrogens is 2. The standard InChI is InChI=1S/C10H5Br2N3O3/c11-6-4-13-10(14-5-6)18-8-3-1-2-7(9(8)12)15(16)17/h1-5H. The summed E-state index contributed by atoms with van der Waals surface area (Å²) < 4.78 is 6.33. The van der Waals surface area contributed by atoms with Crippen LogP contribution in [-0.4, -0.2) is 14.9 Å². The van der Waals surface area contributed by atoms with Gasteiger partial charge in [0.1, 0.15) is 4.47 Å². The van der Waals surface area contributed by atoms with Crippen molar-refractivity contribution in [3.05, 3.63) is 49.7 Å². The zero-order valence-electron chi connectivity index (χ0n) is 8.71. The number of halogens is 2. The summed E-state index contributed by atoms with van der Waals surface area (Å²) in [5.41, 5.74) is -0.0791. The Balaban J connectivity index is 2.32. The Kier molecular flexibility index (Phi) is 3.87. The minimum atomic E-state index is -0.501. The summed E-state index contributed by atoms with van der Waals surface area (Å²) in [6.45, 7) is 0. The number of ether oxygens (including phenoxy) is 1. The highest BCUT2D eigenvalue weighted by atomic mass is 79.9. The van der Waals surface area contributed by atoms with Crippen molar-refractivity contribution in [2.45, 2.75) is 0 Å².